The summed E-state index contributed by atoms with van der Waals surface area (Å²) in [5.41, 5.74) is 3.49. The Morgan fingerprint density at radius 1 is 1.04 bits per heavy atom. The number of hydrogen-bond donors (Lipinski definition) is 2. The third-order valence-corrected chi connectivity index (χ3v) is 5.16. The van der Waals surface area contributed by atoms with Gasteiger partial charge in [-0.2, -0.15) is 0 Å². The summed E-state index contributed by atoms with van der Waals surface area (Å²) < 4.78 is 0. The van der Waals surface area contributed by atoms with E-state index in [9.17, 15) is 9.59 Å². The largest absolute Gasteiger partial charge is 0.325 e. The van der Waals surface area contributed by atoms with Gasteiger partial charge in [-0.3, -0.25) is 9.59 Å². The number of benzene rings is 2. The van der Waals surface area contributed by atoms with Crippen LogP contribution in [0, 0.1) is 13.8 Å². The second-order valence-corrected chi connectivity index (χ2v) is 7.56. The van der Waals surface area contributed by atoms with Gasteiger partial charge in [-0.25, -0.2) is 0 Å². The van der Waals surface area contributed by atoms with Crippen LogP contribution < -0.4 is 10.6 Å². The monoisotopic (exact) mass is 376 g/mol. The zero-order valence-corrected chi connectivity index (χ0v) is 16.0. The minimum Gasteiger partial charge on any atom is -0.325 e. The third kappa shape index (κ3) is 6.11. The molecule has 0 bridgehead atoms. The number of halogens is 1. The summed E-state index contributed by atoms with van der Waals surface area (Å²) in [4.78, 5) is 24.2. The van der Waals surface area contributed by atoms with Crippen LogP contribution in [0.15, 0.2) is 42.5 Å². The fraction of sp³-hybridized carbons (Fsp3) is 0.263. The molecule has 0 aliphatic heterocycles. The van der Waals surface area contributed by atoms with Crippen molar-refractivity contribution in [2.75, 3.05) is 16.4 Å². The molecule has 0 aliphatic rings. The summed E-state index contributed by atoms with van der Waals surface area (Å²) in [6.45, 7) is 5.66. The predicted octanol–water partition coefficient (Wildman–Crippen LogP) is 4.66. The number of thioether (sulfide) groups is 1. The van der Waals surface area contributed by atoms with Gasteiger partial charge >= 0.3 is 0 Å². The molecule has 0 spiro atoms. The van der Waals surface area contributed by atoms with Crippen LogP contribution in [0.1, 0.15) is 18.1 Å². The van der Waals surface area contributed by atoms with E-state index in [1.165, 1.54) is 11.8 Å². The highest BCUT2D eigenvalue weighted by molar-refractivity contribution is 8.01. The normalized spacial score (nSPS) is 11.7. The minimum atomic E-state index is -0.358. The van der Waals surface area contributed by atoms with Gasteiger partial charge in [0.05, 0.1) is 11.0 Å². The molecular weight excluding hydrogens is 356 g/mol. The molecule has 0 saturated carbocycles. The molecule has 2 rings (SSSR count). The van der Waals surface area contributed by atoms with Crippen LogP contribution >= 0.6 is 23.4 Å². The molecular formula is C19H21ClN2O2S. The van der Waals surface area contributed by atoms with Crippen molar-refractivity contribution < 1.29 is 9.59 Å². The molecule has 25 heavy (non-hydrogen) atoms. The SMILES string of the molecule is Cc1ccc(NC(=O)CSC(C)C(=O)Nc2ccc(C)c(Cl)c2)cc1. The van der Waals surface area contributed by atoms with Crippen LogP contribution in [0.5, 0.6) is 0 Å². The molecule has 1 atom stereocenters. The first-order valence-electron chi connectivity index (χ1n) is 7.90. The Labute approximate surface area is 157 Å². The number of carbonyl (C=O) groups is 2. The van der Waals surface area contributed by atoms with Crippen LogP contribution in [0.3, 0.4) is 0 Å². The number of carbonyl (C=O) groups excluding carboxylic acids is 2. The maximum atomic E-state index is 12.2. The van der Waals surface area contributed by atoms with Gasteiger partial charge in [-0.1, -0.05) is 35.4 Å². The lowest BCUT2D eigenvalue weighted by atomic mass is 10.2. The van der Waals surface area contributed by atoms with Crippen LogP contribution in [-0.4, -0.2) is 22.8 Å². The first kappa shape index (κ1) is 19.3. The lowest BCUT2D eigenvalue weighted by Crippen LogP contribution is -2.25. The Morgan fingerprint density at radius 2 is 1.68 bits per heavy atom. The van der Waals surface area contributed by atoms with Crippen molar-refractivity contribution in [3.05, 3.63) is 58.6 Å². The highest BCUT2D eigenvalue weighted by Gasteiger charge is 2.16. The van der Waals surface area contributed by atoms with Gasteiger partial charge in [0.1, 0.15) is 0 Å². The van der Waals surface area contributed by atoms with Crippen LogP contribution in [0.4, 0.5) is 11.4 Å². The number of aryl methyl sites for hydroxylation is 2. The summed E-state index contributed by atoms with van der Waals surface area (Å²) in [5.74, 6) is -0.0862. The molecule has 4 nitrogen and oxygen atoms in total. The lowest BCUT2D eigenvalue weighted by Gasteiger charge is -2.13. The van der Waals surface area contributed by atoms with Gasteiger partial charge in [0.2, 0.25) is 11.8 Å². The molecule has 0 aromatic heterocycles. The topological polar surface area (TPSA) is 58.2 Å². The fourth-order valence-electron chi connectivity index (χ4n) is 2.02. The quantitative estimate of drug-likeness (QED) is 0.771. The molecule has 0 fully saturated rings. The molecule has 2 N–H and O–H groups in total. The first-order valence-corrected chi connectivity index (χ1v) is 9.33. The van der Waals surface area contributed by atoms with Gasteiger partial charge in [0.25, 0.3) is 0 Å². The molecule has 2 aromatic carbocycles. The Balaban J connectivity index is 1.81. The van der Waals surface area contributed by atoms with Gasteiger partial charge in [0.15, 0.2) is 0 Å². The van der Waals surface area contributed by atoms with Crippen molar-refractivity contribution in [1.29, 1.82) is 0 Å². The second kappa shape index (κ2) is 8.92. The average Bonchev–Trinajstić information content (AvgIpc) is 2.58. The van der Waals surface area contributed by atoms with Gasteiger partial charge in [-0.05, 0) is 50.6 Å². The summed E-state index contributed by atoms with van der Waals surface area (Å²) in [6.07, 6.45) is 0. The summed E-state index contributed by atoms with van der Waals surface area (Å²) in [6, 6.07) is 13.0. The molecule has 0 aliphatic carbocycles. The van der Waals surface area contributed by atoms with Crippen LogP contribution in [0.2, 0.25) is 5.02 Å². The standard InChI is InChI=1S/C19H21ClN2O2S/c1-12-4-7-15(8-5-12)21-18(23)11-25-14(3)19(24)22-16-9-6-13(2)17(20)10-16/h4-10,14H,11H2,1-3H3,(H,21,23)(H,22,24). The number of nitrogens with one attached hydrogen (secondary N) is 2. The molecule has 0 heterocycles. The lowest BCUT2D eigenvalue weighted by molar-refractivity contribution is -0.115. The molecule has 0 radical (unpaired) electrons. The highest BCUT2D eigenvalue weighted by Crippen LogP contribution is 2.21. The molecule has 2 aromatic rings. The first-order chi connectivity index (χ1) is 11.8. The zero-order chi connectivity index (χ0) is 18.4. The van der Waals surface area contributed by atoms with Crippen LogP contribution in [0.25, 0.3) is 0 Å². The second-order valence-electron chi connectivity index (χ2n) is 5.82. The van der Waals surface area contributed by atoms with Crippen molar-refractivity contribution >= 4 is 46.6 Å². The molecule has 2 amide bonds. The predicted molar refractivity (Wildman–Crippen MR) is 107 cm³/mol. The van der Waals surface area contributed by atoms with Crippen LogP contribution in [-0.2, 0) is 9.59 Å². The summed E-state index contributed by atoms with van der Waals surface area (Å²) in [5, 5.41) is 5.88. The zero-order valence-electron chi connectivity index (χ0n) is 14.4. The number of hydrogen-bond acceptors (Lipinski definition) is 3. The van der Waals surface area contributed by atoms with E-state index in [0.29, 0.717) is 10.7 Å². The number of rotatable bonds is 6. The van der Waals surface area contributed by atoms with E-state index in [-0.39, 0.29) is 22.8 Å². The molecule has 1 unspecified atom stereocenters. The Bertz CT molecular complexity index is 763. The van der Waals surface area contributed by atoms with E-state index in [2.05, 4.69) is 10.6 Å². The summed E-state index contributed by atoms with van der Waals surface area (Å²) in [7, 11) is 0. The Kier molecular flexibility index (Phi) is 6.91. The fourth-order valence-corrected chi connectivity index (χ4v) is 2.89. The van der Waals surface area contributed by atoms with Gasteiger partial charge < -0.3 is 10.6 Å². The van der Waals surface area contributed by atoms with Crippen molar-refractivity contribution in [1.82, 2.24) is 0 Å². The van der Waals surface area contributed by atoms with Gasteiger partial charge in [-0.15, -0.1) is 11.8 Å². The van der Waals surface area contributed by atoms with E-state index in [1.807, 2.05) is 44.2 Å². The maximum absolute atomic E-state index is 12.2. The van der Waals surface area contributed by atoms with Crippen molar-refractivity contribution in [3.8, 4) is 0 Å². The average molecular weight is 377 g/mol. The Hall–Kier alpha value is -1.98. The Morgan fingerprint density at radius 3 is 2.32 bits per heavy atom. The number of amides is 2. The number of anilines is 2. The van der Waals surface area contributed by atoms with E-state index < -0.39 is 0 Å². The summed E-state index contributed by atoms with van der Waals surface area (Å²) >= 11 is 7.34. The third-order valence-electron chi connectivity index (χ3n) is 3.61. The van der Waals surface area contributed by atoms with Crippen molar-refractivity contribution in [2.24, 2.45) is 0 Å². The minimum absolute atomic E-state index is 0.133. The van der Waals surface area contributed by atoms with Crippen molar-refractivity contribution in [3.63, 3.8) is 0 Å². The van der Waals surface area contributed by atoms with E-state index in [1.54, 1.807) is 19.1 Å². The molecule has 6 heteroatoms. The molecule has 132 valence electrons. The van der Waals surface area contributed by atoms with E-state index in [4.69, 9.17) is 11.6 Å². The van der Waals surface area contributed by atoms with Crippen molar-refractivity contribution in [2.45, 2.75) is 26.0 Å². The van der Waals surface area contributed by atoms with Gasteiger partial charge in [0, 0.05) is 16.4 Å². The molecule has 0 saturated heterocycles. The van der Waals surface area contributed by atoms with E-state index >= 15 is 0 Å². The van der Waals surface area contributed by atoms with E-state index in [0.717, 1.165) is 16.8 Å². The maximum Gasteiger partial charge on any atom is 0.237 e. The smallest absolute Gasteiger partial charge is 0.237 e. The highest BCUT2D eigenvalue weighted by atomic mass is 35.5.